The van der Waals surface area contributed by atoms with Crippen molar-refractivity contribution in [2.24, 2.45) is 5.92 Å². The van der Waals surface area contributed by atoms with Gasteiger partial charge in [0, 0.05) is 49.9 Å². The summed E-state index contributed by atoms with van der Waals surface area (Å²) in [7, 11) is 0. The molecule has 0 spiro atoms. The van der Waals surface area contributed by atoms with Gasteiger partial charge in [-0.1, -0.05) is 146 Å². The Balaban J connectivity index is 1.03. The average molecular weight is 694 g/mol. The second-order valence-electron chi connectivity index (χ2n) is 13.9. The predicted molar refractivity (Wildman–Crippen MR) is 218 cm³/mol. The van der Waals surface area contributed by atoms with E-state index < -0.39 is 0 Å². The van der Waals surface area contributed by atoms with E-state index in [9.17, 15) is 0 Å². The third-order valence-corrected chi connectivity index (χ3v) is 10.7. The summed E-state index contributed by atoms with van der Waals surface area (Å²) >= 11 is 0. The van der Waals surface area contributed by atoms with Gasteiger partial charge >= 0.3 is 0 Å². The van der Waals surface area contributed by atoms with Crippen LogP contribution >= 0.6 is 0 Å². The summed E-state index contributed by atoms with van der Waals surface area (Å²) in [5, 5.41) is 3.14. The van der Waals surface area contributed by atoms with Crippen LogP contribution in [-0.4, -0.2) is 15.0 Å². The van der Waals surface area contributed by atoms with Crippen LogP contribution in [0.1, 0.15) is 11.3 Å². The molecule has 254 valence electrons. The molecular formula is C49H31N3O2. The molecule has 0 amide bonds. The maximum atomic E-state index is 6.61. The number of benzene rings is 6. The topological polar surface area (TPSA) is 65.0 Å². The molecule has 0 radical (unpaired) electrons. The van der Waals surface area contributed by atoms with Crippen LogP contribution in [0.3, 0.4) is 0 Å². The molecule has 0 bridgehead atoms. The Morgan fingerprint density at radius 3 is 1.98 bits per heavy atom. The first-order valence-electron chi connectivity index (χ1n) is 18.3. The molecule has 5 heteroatoms. The quantitative estimate of drug-likeness (QED) is 0.179. The minimum atomic E-state index is 0.387. The second kappa shape index (κ2) is 12.2. The molecule has 9 aromatic rings. The zero-order valence-electron chi connectivity index (χ0n) is 29.1. The van der Waals surface area contributed by atoms with E-state index in [0.29, 0.717) is 23.4 Å². The first-order chi connectivity index (χ1) is 26.7. The summed E-state index contributed by atoms with van der Waals surface area (Å²) in [4.78, 5) is 15.2. The number of nitrogens with zero attached hydrogens (tertiary/aromatic N) is 3. The van der Waals surface area contributed by atoms with Gasteiger partial charge in [0.1, 0.15) is 22.5 Å². The van der Waals surface area contributed by atoms with Crippen molar-refractivity contribution in [1.29, 1.82) is 0 Å². The van der Waals surface area contributed by atoms with Gasteiger partial charge in [-0.15, -0.1) is 0 Å². The summed E-state index contributed by atoms with van der Waals surface area (Å²) in [6.45, 7) is 0. The Bertz CT molecular complexity index is 3000. The van der Waals surface area contributed by atoms with E-state index in [-0.39, 0.29) is 0 Å². The maximum Gasteiger partial charge on any atom is 0.164 e. The summed E-state index contributed by atoms with van der Waals surface area (Å²) in [5.41, 5.74) is 12.2. The number of aromatic nitrogens is 3. The number of hydrogen-bond acceptors (Lipinski definition) is 5. The summed E-state index contributed by atoms with van der Waals surface area (Å²) in [6, 6.07) is 47.8. The number of para-hydroxylation sites is 1. The molecule has 2 aliphatic rings. The summed E-state index contributed by atoms with van der Waals surface area (Å²) in [5.74, 6) is 3.16. The number of allylic oxidation sites excluding steroid dienone is 5. The Kier molecular flexibility index (Phi) is 6.92. The Hall–Kier alpha value is -7.11. The maximum absolute atomic E-state index is 6.61. The molecule has 3 aromatic heterocycles. The van der Waals surface area contributed by atoms with Crippen molar-refractivity contribution in [3.63, 3.8) is 0 Å². The van der Waals surface area contributed by atoms with E-state index in [0.717, 1.165) is 78.6 Å². The van der Waals surface area contributed by atoms with Gasteiger partial charge in [-0.05, 0) is 53.0 Å². The van der Waals surface area contributed by atoms with Crippen LogP contribution in [0.2, 0.25) is 0 Å². The van der Waals surface area contributed by atoms with Crippen molar-refractivity contribution in [3.05, 3.63) is 181 Å². The highest BCUT2D eigenvalue weighted by molar-refractivity contribution is 6.13. The minimum absolute atomic E-state index is 0.387. The lowest BCUT2D eigenvalue weighted by Gasteiger charge is -2.20. The van der Waals surface area contributed by atoms with Crippen LogP contribution in [0.4, 0.5) is 0 Å². The van der Waals surface area contributed by atoms with Crippen LogP contribution in [-0.2, 0) is 6.42 Å². The number of hydrogen-bond donors (Lipinski definition) is 0. The molecule has 6 aromatic carbocycles. The Labute approximate surface area is 311 Å². The largest absolute Gasteiger partial charge is 0.456 e. The van der Waals surface area contributed by atoms with E-state index in [4.69, 9.17) is 23.8 Å². The number of fused-ring (bicyclic) bond motifs is 7. The van der Waals surface area contributed by atoms with E-state index >= 15 is 0 Å². The Morgan fingerprint density at radius 1 is 0.500 bits per heavy atom. The van der Waals surface area contributed by atoms with E-state index in [2.05, 4.69) is 121 Å². The second-order valence-corrected chi connectivity index (χ2v) is 13.9. The van der Waals surface area contributed by atoms with Gasteiger partial charge in [-0.3, -0.25) is 0 Å². The highest BCUT2D eigenvalue weighted by Gasteiger charge is 2.26. The lowest BCUT2D eigenvalue weighted by atomic mass is 9.83. The van der Waals surface area contributed by atoms with Crippen LogP contribution in [0, 0.1) is 5.92 Å². The fraction of sp³-hybridized carbons (Fsp3) is 0.0408. The monoisotopic (exact) mass is 693 g/mol. The SMILES string of the molecule is C1=CC2=Cc3oc4c(-c5ccc6c(c5)oc5cccc(-c7nc(-c8ccccc8)nc(-c8ccc(-c9ccccc9)cc8)n7)c56)cccc4c3CC2C=C1. The van der Waals surface area contributed by atoms with Crippen molar-refractivity contribution < 1.29 is 8.83 Å². The lowest BCUT2D eigenvalue weighted by Crippen LogP contribution is -2.10. The zero-order valence-corrected chi connectivity index (χ0v) is 29.1. The van der Waals surface area contributed by atoms with Crippen molar-refractivity contribution in [3.8, 4) is 56.4 Å². The van der Waals surface area contributed by atoms with Gasteiger partial charge in [-0.25, -0.2) is 15.0 Å². The normalized spacial score (nSPS) is 14.7. The van der Waals surface area contributed by atoms with Crippen LogP contribution in [0.5, 0.6) is 0 Å². The predicted octanol–water partition coefficient (Wildman–Crippen LogP) is 12.5. The first-order valence-corrected chi connectivity index (χ1v) is 18.3. The smallest absolute Gasteiger partial charge is 0.164 e. The third kappa shape index (κ3) is 5.05. The highest BCUT2D eigenvalue weighted by atomic mass is 16.3. The van der Waals surface area contributed by atoms with E-state index in [1.165, 1.54) is 16.5 Å². The molecule has 0 aliphatic heterocycles. The molecule has 0 N–H and O–H groups in total. The van der Waals surface area contributed by atoms with Gasteiger partial charge in [0.25, 0.3) is 0 Å². The van der Waals surface area contributed by atoms with Crippen molar-refractivity contribution in [2.75, 3.05) is 0 Å². The van der Waals surface area contributed by atoms with Gasteiger partial charge in [-0.2, -0.15) is 0 Å². The van der Waals surface area contributed by atoms with Crippen LogP contribution < -0.4 is 0 Å². The molecule has 5 nitrogen and oxygen atoms in total. The minimum Gasteiger partial charge on any atom is -0.456 e. The van der Waals surface area contributed by atoms with E-state index in [1.54, 1.807) is 0 Å². The third-order valence-electron chi connectivity index (χ3n) is 10.7. The first kappa shape index (κ1) is 30.5. The molecule has 1 unspecified atom stereocenters. The van der Waals surface area contributed by atoms with Gasteiger partial charge in [0.15, 0.2) is 17.5 Å². The summed E-state index contributed by atoms with van der Waals surface area (Å²) < 4.78 is 13.2. The molecule has 3 heterocycles. The lowest BCUT2D eigenvalue weighted by molar-refractivity contribution is 0.587. The zero-order chi connectivity index (χ0) is 35.6. The fourth-order valence-electron chi connectivity index (χ4n) is 8.02. The van der Waals surface area contributed by atoms with Crippen LogP contribution in [0.15, 0.2) is 178 Å². The van der Waals surface area contributed by atoms with Gasteiger partial charge in [0.05, 0.1) is 0 Å². The van der Waals surface area contributed by atoms with Gasteiger partial charge in [0.2, 0.25) is 0 Å². The van der Waals surface area contributed by atoms with Crippen molar-refractivity contribution >= 4 is 39.0 Å². The van der Waals surface area contributed by atoms with Crippen LogP contribution in [0.25, 0.3) is 95.4 Å². The van der Waals surface area contributed by atoms with Crippen molar-refractivity contribution in [2.45, 2.75) is 6.42 Å². The molecule has 11 rings (SSSR count). The van der Waals surface area contributed by atoms with E-state index in [1.807, 2.05) is 48.5 Å². The standard InChI is InChI=1S/C49H31N3O2/c1-3-11-30(12-4-1)31-21-23-33(24-22-31)48-50-47(32-13-5-2-6-14-32)51-49(52-48)40-19-10-20-42-45(40)39-26-25-36(29-43(39)53-42)37-17-9-18-38-41-27-34-15-7-8-16-35(34)28-44(41)54-46(37)38/h1-26,28-29,34H,27H2. The highest BCUT2D eigenvalue weighted by Crippen LogP contribution is 2.43. The van der Waals surface area contributed by atoms with Gasteiger partial charge < -0.3 is 8.83 Å². The molecule has 0 saturated heterocycles. The molecule has 0 fully saturated rings. The molecular weight excluding hydrogens is 663 g/mol. The fourth-order valence-corrected chi connectivity index (χ4v) is 8.02. The molecule has 0 saturated carbocycles. The number of rotatable bonds is 5. The molecule has 54 heavy (non-hydrogen) atoms. The summed E-state index contributed by atoms with van der Waals surface area (Å²) in [6.07, 6.45) is 11.9. The average Bonchev–Trinajstić information content (AvgIpc) is 3.81. The number of furan rings is 2. The van der Waals surface area contributed by atoms with Crippen molar-refractivity contribution in [1.82, 2.24) is 15.0 Å². The molecule has 2 aliphatic carbocycles. The Morgan fingerprint density at radius 2 is 1.17 bits per heavy atom. The molecule has 1 atom stereocenters.